The molecule has 0 radical (unpaired) electrons. The number of nitrogens with zero attached hydrogens (tertiary/aromatic N) is 3. The van der Waals surface area contributed by atoms with Crippen molar-refractivity contribution in [1.82, 2.24) is 14.5 Å². The molecule has 10 nitrogen and oxygen atoms in total. The van der Waals surface area contributed by atoms with Crippen molar-refractivity contribution in [3.05, 3.63) is 134 Å². The number of aryl methyl sites for hydroxylation is 1. The van der Waals surface area contributed by atoms with Crippen LogP contribution in [-0.4, -0.2) is 56.8 Å². The van der Waals surface area contributed by atoms with Gasteiger partial charge in [-0.3, -0.25) is 4.79 Å². The van der Waals surface area contributed by atoms with E-state index in [-0.39, 0.29) is 57.5 Å². The second-order valence-corrected chi connectivity index (χ2v) is 21.3. The molecule has 1 aliphatic rings. The van der Waals surface area contributed by atoms with Crippen molar-refractivity contribution in [1.29, 1.82) is 0 Å². The maximum absolute atomic E-state index is 15.7. The molecule has 0 bridgehead atoms. The van der Waals surface area contributed by atoms with Gasteiger partial charge in [-0.1, -0.05) is 106 Å². The van der Waals surface area contributed by atoms with E-state index in [0.29, 0.717) is 5.56 Å². The predicted octanol–water partition coefficient (Wildman–Crippen LogP) is 6.86. The number of rotatable bonds is 11. The normalized spacial score (nSPS) is 15.8. The number of hydrogen-bond donors (Lipinski definition) is 1. The topological polar surface area (TPSA) is 126 Å². The van der Waals surface area contributed by atoms with E-state index in [1.54, 1.807) is 24.8 Å². The van der Waals surface area contributed by atoms with Crippen LogP contribution in [0.2, 0.25) is 10.1 Å². The van der Waals surface area contributed by atoms with Gasteiger partial charge in [0.25, 0.3) is 8.32 Å². The Labute approximate surface area is 321 Å². The molecule has 0 saturated carbocycles. The molecule has 4 aromatic carbocycles. The van der Waals surface area contributed by atoms with Gasteiger partial charge in [0, 0.05) is 23.0 Å². The number of carbonyl (C=O) groups is 1. The zero-order valence-corrected chi connectivity index (χ0v) is 33.9. The Morgan fingerprint density at radius 1 is 1.04 bits per heavy atom. The molecule has 6 rings (SSSR count). The standard InChI is InChI=1S/C40H44ClFN4O6SSi/c1-25-18-19-33(42)35(26(25)2)27(3)36(38-43-44-39(48)52-38)46-24-45(34-23-29(41)22-32(28(4)47)37(34)53(46,49)50)20-21-51-54(40(5,6)7,30-14-10-8-11-15-30)31-16-12-9-13-17-31/h8-19,22-23,27,36H,20-21,24H2,1-7H3,(H,44,48)/t27?,36-/m0/s1. The highest BCUT2D eigenvalue weighted by Crippen LogP contribution is 2.46. The Kier molecular flexibility index (Phi) is 10.9. The van der Waals surface area contributed by atoms with Crippen molar-refractivity contribution < 1.29 is 26.4 Å². The van der Waals surface area contributed by atoms with E-state index in [4.69, 9.17) is 20.4 Å². The van der Waals surface area contributed by atoms with Crippen LogP contribution in [0.4, 0.5) is 10.1 Å². The Morgan fingerprint density at radius 2 is 1.65 bits per heavy atom. The lowest BCUT2D eigenvalue weighted by molar-refractivity contribution is 0.101. The van der Waals surface area contributed by atoms with Crippen LogP contribution in [-0.2, 0) is 14.4 Å². The lowest BCUT2D eigenvalue weighted by atomic mass is 9.87. The molecular weight excluding hydrogens is 747 g/mol. The minimum Gasteiger partial charge on any atom is -0.406 e. The number of Topliss-reactive ketones (excluding diaryl/α,β-unsaturated/α-hetero) is 1. The van der Waals surface area contributed by atoms with Crippen molar-refractivity contribution in [2.24, 2.45) is 0 Å². The number of carbonyl (C=O) groups excluding carboxylic acids is 1. The summed E-state index contributed by atoms with van der Waals surface area (Å²) in [5, 5.41) is 8.31. The van der Waals surface area contributed by atoms with Crippen molar-refractivity contribution in [3.63, 3.8) is 0 Å². The van der Waals surface area contributed by atoms with Gasteiger partial charge in [-0.2, -0.15) is 4.31 Å². The number of H-pyrrole nitrogens is 1. The number of nitrogens with one attached hydrogen (secondary N) is 1. The molecule has 54 heavy (non-hydrogen) atoms. The van der Waals surface area contributed by atoms with Gasteiger partial charge in [0.2, 0.25) is 15.9 Å². The molecule has 2 heterocycles. The van der Waals surface area contributed by atoms with E-state index in [0.717, 1.165) is 20.2 Å². The fourth-order valence-corrected chi connectivity index (χ4v) is 14.6. The molecular formula is C40H44ClFN4O6SSi. The highest BCUT2D eigenvalue weighted by molar-refractivity contribution is 7.89. The van der Waals surface area contributed by atoms with E-state index in [1.807, 2.05) is 43.3 Å². The van der Waals surface area contributed by atoms with Gasteiger partial charge in [-0.15, -0.1) is 5.10 Å². The van der Waals surface area contributed by atoms with Gasteiger partial charge in [0.05, 0.1) is 19.0 Å². The van der Waals surface area contributed by atoms with Crippen LogP contribution in [0, 0.1) is 19.7 Å². The lowest BCUT2D eigenvalue weighted by Gasteiger charge is -2.45. The number of hydrogen-bond acceptors (Lipinski definition) is 8. The number of ketones is 1. The minimum atomic E-state index is -4.56. The van der Waals surface area contributed by atoms with E-state index in [1.165, 1.54) is 25.1 Å². The van der Waals surface area contributed by atoms with Gasteiger partial charge in [-0.25, -0.2) is 22.7 Å². The molecule has 0 saturated heterocycles. The number of fused-ring (bicyclic) bond motifs is 1. The average Bonchev–Trinajstić information content (AvgIpc) is 3.55. The molecule has 1 aliphatic heterocycles. The molecule has 0 aliphatic carbocycles. The number of sulfonamides is 1. The van der Waals surface area contributed by atoms with Crippen LogP contribution in [0.5, 0.6) is 0 Å². The molecule has 0 amide bonds. The van der Waals surface area contributed by atoms with Crippen LogP contribution in [0.1, 0.15) is 79.5 Å². The smallest absolute Gasteiger partial charge is 0.406 e. The Balaban J connectivity index is 1.50. The fourth-order valence-electron chi connectivity index (χ4n) is 7.76. The van der Waals surface area contributed by atoms with Gasteiger partial charge in [0.15, 0.2) is 5.78 Å². The third-order valence-electron chi connectivity index (χ3n) is 10.4. The third-order valence-corrected chi connectivity index (χ3v) is 17.6. The first-order valence-electron chi connectivity index (χ1n) is 17.7. The summed E-state index contributed by atoms with van der Waals surface area (Å²) in [5.41, 5.74) is 1.78. The summed E-state index contributed by atoms with van der Waals surface area (Å²) < 4.78 is 59.4. The molecule has 5 aromatic rings. The number of aromatic nitrogens is 2. The number of benzene rings is 4. The summed E-state index contributed by atoms with van der Waals surface area (Å²) >= 11 is 6.57. The van der Waals surface area contributed by atoms with Crippen LogP contribution in [0.25, 0.3) is 0 Å². The summed E-state index contributed by atoms with van der Waals surface area (Å²) in [4.78, 5) is 27.1. The van der Waals surface area contributed by atoms with Crippen LogP contribution in [0.15, 0.2) is 99.0 Å². The van der Waals surface area contributed by atoms with Gasteiger partial charge in [0.1, 0.15) is 16.8 Å². The van der Waals surface area contributed by atoms with E-state index in [9.17, 15) is 18.0 Å². The number of aromatic amines is 1. The molecule has 284 valence electrons. The maximum Gasteiger partial charge on any atom is 0.434 e. The second kappa shape index (κ2) is 15.0. The first kappa shape index (κ1) is 39.3. The highest BCUT2D eigenvalue weighted by Gasteiger charge is 2.51. The van der Waals surface area contributed by atoms with Crippen molar-refractivity contribution in [2.45, 2.75) is 70.4 Å². The zero-order valence-electron chi connectivity index (χ0n) is 31.3. The van der Waals surface area contributed by atoms with Crippen molar-refractivity contribution >= 4 is 51.8 Å². The van der Waals surface area contributed by atoms with Crippen LogP contribution < -0.4 is 21.0 Å². The van der Waals surface area contributed by atoms with Crippen LogP contribution >= 0.6 is 11.6 Å². The predicted molar refractivity (Wildman–Crippen MR) is 210 cm³/mol. The van der Waals surface area contributed by atoms with E-state index < -0.39 is 47.7 Å². The zero-order chi connectivity index (χ0) is 39.2. The fraction of sp³-hybridized carbons (Fsp3) is 0.325. The first-order chi connectivity index (χ1) is 25.5. The van der Waals surface area contributed by atoms with Gasteiger partial charge in [-0.05, 0) is 71.1 Å². The largest absolute Gasteiger partial charge is 0.434 e. The molecule has 0 fully saturated rings. The highest BCUT2D eigenvalue weighted by atomic mass is 35.5. The Hall–Kier alpha value is -4.40. The van der Waals surface area contributed by atoms with Crippen LogP contribution in [0.3, 0.4) is 0 Å². The van der Waals surface area contributed by atoms with Gasteiger partial charge >= 0.3 is 5.76 Å². The lowest BCUT2D eigenvalue weighted by Crippen LogP contribution is -2.67. The molecule has 1 N–H and O–H groups in total. The number of halogens is 2. The maximum atomic E-state index is 15.7. The van der Waals surface area contributed by atoms with E-state index in [2.05, 4.69) is 55.2 Å². The summed E-state index contributed by atoms with van der Waals surface area (Å²) in [7, 11) is -7.56. The van der Waals surface area contributed by atoms with Crippen molar-refractivity contribution in [2.75, 3.05) is 24.7 Å². The van der Waals surface area contributed by atoms with Gasteiger partial charge < -0.3 is 13.7 Å². The summed E-state index contributed by atoms with van der Waals surface area (Å²) in [6.07, 6.45) is 0. The summed E-state index contributed by atoms with van der Waals surface area (Å²) in [5.74, 6) is -3.11. The SMILES string of the molecule is CC(=O)c1cc(Cl)cc2c1S(=O)(=O)N([C@H](c1n[nH]c(=O)o1)C(C)c1c(F)ccc(C)c1C)CN2CCO[Si](c1ccccc1)(c1ccccc1)C(C)(C)C. The molecule has 14 heteroatoms. The molecule has 1 aromatic heterocycles. The third kappa shape index (κ3) is 6.99. The minimum absolute atomic E-state index is 0.104. The summed E-state index contributed by atoms with van der Waals surface area (Å²) in [6.45, 7) is 13.1. The average molecular weight is 791 g/mol. The number of anilines is 1. The Morgan fingerprint density at radius 3 is 2.19 bits per heavy atom. The quantitative estimate of drug-likeness (QED) is 0.114. The van der Waals surface area contributed by atoms with E-state index >= 15 is 4.39 Å². The monoisotopic (exact) mass is 790 g/mol. The first-order valence-corrected chi connectivity index (χ1v) is 21.4. The molecule has 2 atom stereocenters. The van der Waals surface area contributed by atoms with Crippen molar-refractivity contribution in [3.8, 4) is 0 Å². The molecule has 0 spiro atoms. The summed E-state index contributed by atoms with van der Waals surface area (Å²) in [6, 6.07) is 24.8. The second-order valence-electron chi connectivity index (χ2n) is 14.8. The molecule has 1 unspecified atom stereocenters. The Bertz CT molecular complexity index is 2310.